The van der Waals surface area contributed by atoms with E-state index in [1.165, 1.54) is 7.11 Å². The van der Waals surface area contributed by atoms with Gasteiger partial charge in [0.1, 0.15) is 7.11 Å². The second-order valence-corrected chi connectivity index (χ2v) is 5.59. The van der Waals surface area contributed by atoms with E-state index in [4.69, 9.17) is 28.0 Å². The number of hydrogen-bond donors (Lipinski definition) is 0. The number of para-hydroxylation sites is 1. The van der Waals surface area contributed by atoms with Crippen molar-refractivity contribution in [2.45, 2.75) is 6.54 Å². The SMILES string of the molecule is CO/N=C1\C(=O)N(Cc2ccc(Cl)c(Cl)c2)c2ccccc21. The molecule has 1 aliphatic rings. The molecular weight excluding hydrogens is 323 g/mol. The van der Waals surface area contributed by atoms with Crippen LogP contribution in [0.25, 0.3) is 0 Å². The fourth-order valence-electron chi connectivity index (χ4n) is 2.42. The third-order valence-corrected chi connectivity index (χ3v) is 4.14. The van der Waals surface area contributed by atoms with Crippen molar-refractivity contribution in [3.05, 3.63) is 63.6 Å². The molecule has 112 valence electrons. The van der Waals surface area contributed by atoms with E-state index in [0.717, 1.165) is 16.8 Å². The van der Waals surface area contributed by atoms with Gasteiger partial charge in [-0.05, 0) is 23.8 Å². The summed E-state index contributed by atoms with van der Waals surface area (Å²) in [7, 11) is 1.42. The molecule has 1 aliphatic heterocycles. The molecule has 0 saturated carbocycles. The Balaban J connectivity index is 1.99. The van der Waals surface area contributed by atoms with Gasteiger partial charge in [-0.3, -0.25) is 4.79 Å². The van der Waals surface area contributed by atoms with Crippen molar-refractivity contribution in [3.8, 4) is 0 Å². The molecule has 22 heavy (non-hydrogen) atoms. The maximum Gasteiger partial charge on any atom is 0.281 e. The highest BCUT2D eigenvalue weighted by atomic mass is 35.5. The first kappa shape index (κ1) is 14.9. The van der Waals surface area contributed by atoms with E-state index in [1.54, 1.807) is 17.0 Å². The standard InChI is InChI=1S/C16H12Cl2N2O2/c1-22-19-15-11-4-2-3-5-14(11)20(16(15)21)9-10-6-7-12(17)13(18)8-10/h2-8H,9H2,1H3/b19-15-. The minimum Gasteiger partial charge on any atom is -0.398 e. The summed E-state index contributed by atoms with van der Waals surface area (Å²) in [6, 6.07) is 12.8. The number of oxime groups is 1. The number of halogens is 2. The highest BCUT2D eigenvalue weighted by Gasteiger charge is 2.34. The van der Waals surface area contributed by atoms with E-state index in [-0.39, 0.29) is 5.91 Å². The van der Waals surface area contributed by atoms with Crippen LogP contribution in [0.4, 0.5) is 5.69 Å². The lowest BCUT2D eigenvalue weighted by molar-refractivity contribution is -0.112. The van der Waals surface area contributed by atoms with E-state index in [9.17, 15) is 4.79 Å². The van der Waals surface area contributed by atoms with Crippen molar-refractivity contribution in [3.63, 3.8) is 0 Å². The monoisotopic (exact) mass is 334 g/mol. The van der Waals surface area contributed by atoms with Crippen molar-refractivity contribution >= 4 is 40.5 Å². The predicted molar refractivity (Wildman–Crippen MR) is 87.6 cm³/mol. The molecule has 0 saturated heterocycles. The number of rotatable bonds is 3. The second kappa shape index (κ2) is 5.99. The number of benzene rings is 2. The van der Waals surface area contributed by atoms with Crippen LogP contribution in [-0.4, -0.2) is 18.7 Å². The molecule has 0 radical (unpaired) electrons. The topological polar surface area (TPSA) is 41.9 Å². The maximum absolute atomic E-state index is 12.6. The van der Waals surface area contributed by atoms with E-state index >= 15 is 0 Å². The zero-order valence-corrected chi connectivity index (χ0v) is 13.2. The zero-order chi connectivity index (χ0) is 15.7. The van der Waals surface area contributed by atoms with Gasteiger partial charge >= 0.3 is 0 Å². The average Bonchev–Trinajstić information content (AvgIpc) is 2.77. The Morgan fingerprint density at radius 1 is 1.14 bits per heavy atom. The van der Waals surface area contributed by atoms with Gasteiger partial charge in [0.25, 0.3) is 5.91 Å². The summed E-state index contributed by atoms with van der Waals surface area (Å²) in [6.45, 7) is 0.384. The Bertz CT molecular complexity index is 774. The number of carbonyl (C=O) groups is 1. The molecule has 1 amide bonds. The zero-order valence-electron chi connectivity index (χ0n) is 11.7. The van der Waals surface area contributed by atoms with Crippen LogP contribution < -0.4 is 4.90 Å². The molecule has 1 heterocycles. The Labute approximate surface area is 137 Å². The summed E-state index contributed by atoms with van der Waals surface area (Å²) >= 11 is 12.0. The summed E-state index contributed by atoms with van der Waals surface area (Å²) in [5.74, 6) is -0.200. The number of nitrogens with zero attached hydrogens (tertiary/aromatic N) is 2. The summed E-state index contributed by atoms with van der Waals surface area (Å²) in [5.41, 5.74) is 2.75. The van der Waals surface area contributed by atoms with Gasteiger partial charge in [-0.15, -0.1) is 0 Å². The number of fused-ring (bicyclic) bond motifs is 1. The first-order valence-electron chi connectivity index (χ1n) is 6.58. The minimum atomic E-state index is -0.200. The van der Waals surface area contributed by atoms with Crippen LogP contribution in [0.15, 0.2) is 47.6 Å². The Morgan fingerprint density at radius 3 is 2.64 bits per heavy atom. The van der Waals surface area contributed by atoms with E-state index in [0.29, 0.717) is 22.3 Å². The quantitative estimate of drug-likeness (QED) is 0.799. The molecule has 3 rings (SSSR count). The number of anilines is 1. The molecule has 0 atom stereocenters. The lowest BCUT2D eigenvalue weighted by Crippen LogP contribution is -2.29. The third kappa shape index (κ3) is 2.56. The summed E-state index contributed by atoms with van der Waals surface area (Å²) in [5, 5.41) is 4.80. The maximum atomic E-state index is 12.6. The Hall–Kier alpha value is -2.04. The van der Waals surface area contributed by atoms with Gasteiger partial charge in [0.05, 0.1) is 22.3 Å². The molecule has 2 aromatic rings. The van der Waals surface area contributed by atoms with Gasteiger partial charge < -0.3 is 9.74 Å². The highest BCUT2D eigenvalue weighted by Crippen LogP contribution is 2.31. The Kier molecular flexibility index (Phi) is 4.05. The third-order valence-electron chi connectivity index (χ3n) is 3.40. The van der Waals surface area contributed by atoms with Crippen LogP contribution in [0.3, 0.4) is 0 Å². The molecule has 0 bridgehead atoms. The van der Waals surface area contributed by atoms with Crippen LogP contribution >= 0.6 is 23.2 Å². The second-order valence-electron chi connectivity index (χ2n) is 4.78. The first-order valence-corrected chi connectivity index (χ1v) is 7.33. The van der Waals surface area contributed by atoms with E-state index in [1.807, 2.05) is 30.3 Å². The molecule has 0 fully saturated rings. The first-order chi connectivity index (χ1) is 10.6. The fraction of sp³-hybridized carbons (Fsp3) is 0.125. The van der Waals surface area contributed by atoms with Crippen LogP contribution in [0.5, 0.6) is 0 Å². The minimum absolute atomic E-state index is 0.200. The normalized spacial score (nSPS) is 15.3. The molecule has 0 aliphatic carbocycles. The highest BCUT2D eigenvalue weighted by molar-refractivity contribution is 6.54. The Morgan fingerprint density at radius 2 is 1.91 bits per heavy atom. The van der Waals surface area contributed by atoms with Crippen LogP contribution in [0.2, 0.25) is 10.0 Å². The summed E-state index contributed by atoms with van der Waals surface area (Å²) < 4.78 is 0. The van der Waals surface area contributed by atoms with Gasteiger partial charge in [0.15, 0.2) is 5.71 Å². The van der Waals surface area contributed by atoms with Crippen molar-refractivity contribution in [2.75, 3.05) is 12.0 Å². The number of hydrogen-bond acceptors (Lipinski definition) is 3. The fourth-order valence-corrected chi connectivity index (χ4v) is 2.74. The van der Waals surface area contributed by atoms with Crippen molar-refractivity contribution < 1.29 is 9.63 Å². The molecule has 0 unspecified atom stereocenters. The average molecular weight is 335 g/mol. The summed E-state index contributed by atoms with van der Waals surface area (Å²) in [6.07, 6.45) is 0. The van der Waals surface area contributed by atoms with Gasteiger partial charge in [-0.2, -0.15) is 0 Å². The van der Waals surface area contributed by atoms with Crippen LogP contribution in [-0.2, 0) is 16.2 Å². The van der Waals surface area contributed by atoms with Gasteiger partial charge in [0, 0.05) is 5.56 Å². The van der Waals surface area contributed by atoms with E-state index < -0.39 is 0 Å². The van der Waals surface area contributed by atoms with Gasteiger partial charge in [0.2, 0.25) is 0 Å². The molecule has 2 aromatic carbocycles. The van der Waals surface area contributed by atoms with Gasteiger partial charge in [-0.1, -0.05) is 52.6 Å². The lowest BCUT2D eigenvalue weighted by Gasteiger charge is -2.17. The van der Waals surface area contributed by atoms with Gasteiger partial charge in [-0.25, -0.2) is 0 Å². The molecule has 0 aromatic heterocycles. The summed E-state index contributed by atoms with van der Waals surface area (Å²) in [4.78, 5) is 19.0. The number of amides is 1. The van der Waals surface area contributed by atoms with Crippen molar-refractivity contribution in [1.82, 2.24) is 0 Å². The molecule has 0 spiro atoms. The lowest BCUT2D eigenvalue weighted by atomic mass is 10.1. The molecular formula is C16H12Cl2N2O2. The molecule has 0 N–H and O–H groups in total. The largest absolute Gasteiger partial charge is 0.398 e. The van der Waals surface area contributed by atoms with E-state index in [2.05, 4.69) is 5.16 Å². The molecule has 6 heteroatoms. The van der Waals surface area contributed by atoms with Crippen molar-refractivity contribution in [1.29, 1.82) is 0 Å². The van der Waals surface area contributed by atoms with Crippen LogP contribution in [0.1, 0.15) is 11.1 Å². The van der Waals surface area contributed by atoms with Crippen LogP contribution in [0, 0.1) is 0 Å². The smallest absolute Gasteiger partial charge is 0.281 e. The predicted octanol–water partition coefficient (Wildman–Crippen LogP) is 3.89. The molecule has 4 nitrogen and oxygen atoms in total. The number of carbonyl (C=O) groups excluding carboxylic acids is 1. The van der Waals surface area contributed by atoms with Crippen molar-refractivity contribution in [2.24, 2.45) is 5.16 Å².